The zero-order valence-electron chi connectivity index (χ0n) is 22.0. The molecule has 38 heavy (non-hydrogen) atoms. The second-order valence-electron chi connectivity index (χ2n) is 10.8. The van der Waals surface area contributed by atoms with Gasteiger partial charge in [0.05, 0.1) is 12.6 Å². The highest BCUT2D eigenvalue weighted by Gasteiger charge is 2.37. The van der Waals surface area contributed by atoms with E-state index in [1.54, 1.807) is 0 Å². The number of hydrogen-bond acceptors (Lipinski definition) is 6. The van der Waals surface area contributed by atoms with Crippen molar-refractivity contribution in [1.82, 2.24) is 0 Å². The van der Waals surface area contributed by atoms with Crippen LogP contribution in [0, 0.1) is 5.41 Å². The number of aliphatic hydroxyl groups is 1. The molecule has 1 saturated heterocycles. The van der Waals surface area contributed by atoms with Crippen LogP contribution in [0.3, 0.4) is 0 Å². The number of aliphatic hydroxyl groups excluding tert-OH is 1. The van der Waals surface area contributed by atoms with Crippen molar-refractivity contribution in [2.24, 2.45) is 11.1 Å². The molecule has 1 heterocycles. The molecule has 5 rings (SSSR count). The minimum atomic E-state index is -0.407. The molecule has 3 N–H and O–H groups in total. The van der Waals surface area contributed by atoms with Crippen molar-refractivity contribution in [1.29, 1.82) is 0 Å². The number of anilines is 1. The molecule has 0 bridgehead atoms. The van der Waals surface area contributed by atoms with Crippen LogP contribution >= 0.6 is 0 Å². The monoisotopic (exact) mass is 514 g/mol. The molecule has 1 atom stereocenters. The maximum Gasteiger partial charge on any atom is 0.293 e. The second-order valence-corrected chi connectivity index (χ2v) is 10.8. The highest BCUT2D eigenvalue weighted by molar-refractivity contribution is 5.70. The number of hydrogen-bond donors (Lipinski definition) is 2. The molecule has 2 fully saturated rings. The lowest BCUT2D eigenvalue weighted by Gasteiger charge is -2.40. The van der Waals surface area contributed by atoms with Gasteiger partial charge in [-0.15, -0.1) is 0 Å². The molecule has 0 aromatic heterocycles. The zero-order valence-corrected chi connectivity index (χ0v) is 22.0. The van der Waals surface area contributed by atoms with Gasteiger partial charge in [0.15, 0.2) is 0 Å². The smallest absolute Gasteiger partial charge is 0.293 e. The zero-order chi connectivity index (χ0) is 26.4. The van der Waals surface area contributed by atoms with Crippen molar-refractivity contribution in [3.05, 3.63) is 83.4 Å². The Labute approximate surface area is 225 Å². The Morgan fingerprint density at radius 1 is 0.921 bits per heavy atom. The van der Waals surface area contributed by atoms with Crippen molar-refractivity contribution in [3.63, 3.8) is 0 Å². The van der Waals surface area contributed by atoms with Crippen molar-refractivity contribution in [2.75, 3.05) is 24.6 Å². The maximum atomic E-state index is 10.7. The van der Waals surface area contributed by atoms with E-state index in [1.165, 1.54) is 44.2 Å². The molecule has 0 radical (unpaired) electrons. The fraction of sp³-hybridized carbons (Fsp3) is 0.406. The lowest BCUT2D eigenvalue weighted by Crippen LogP contribution is -2.38. The van der Waals surface area contributed by atoms with Gasteiger partial charge in [-0.25, -0.2) is 0 Å². The van der Waals surface area contributed by atoms with Crippen molar-refractivity contribution >= 4 is 12.2 Å². The predicted octanol–water partition coefficient (Wildman–Crippen LogP) is 5.76. The van der Waals surface area contributed by atoms with Crippen LogP contribution in [0.1, 0.15) is 61.3 Å². The van der Waals surface area contributed by atoms with Gasteiger partial charge in [-0.3, -0.25) is 4.79 Å². The first kappa shape index (κ1) is 26.3. The van der Waals surface area contributed by atoms with Gasteiger partial charge in [-0.2, -0.15) is 0 Å². The standard InChI is InChI=1S/C32H38N2O4/c33-30(20-35)26-8-5-7-25(18-26)28-16-24(21-38-31-9-2-1-6-27(31)22-37-23-36)17-29(19-28)34-14-12-32(13-15-34)10-3-4-11-32/h1-2,5-9,16-19,23,30,35H,3-4,10-15,20-22,33H2/t30-/m1/s1. The minimum absolute atomic E-state index is 0.0919. The molecule has 1 saturated carbocycles. The minimum Gasteiger partial charge on any atom is -0.488 e. The molecule has 0 unspecified atom stereocenters. The van der Waals surface area contributed by atoms with Crippen LogP contribution in [0.5, 0.6) is 5.75 Å². The summed E-state index contributed by atoms with van der Waals surface area (Å²) in [6.45, 7) is 3.09. The Morgan fingerprint density at radius 2 is 1.71 bits per heavy atom. The fourth-order valence-corrected chi connectivity index (χ4v) is 6.07. The Balaban J connectivity index is 1.43. The van der Waals surface area contributed by atoms with Gasteiger partial charge < -0.3 is 25.2 Å². The molecule has 1 spiro atoms. The summed E-state index contributed by atoms with van der Waals surface area (Å²) in [7, 11) is 0. The van der Waals surface area contributed by atoms with Crippen LogP contribution in [-0.4, -0.2) is 31.3 Å². The lowest BCUT2D eigenvalue weighted by atomic mass is 9.77. The third-order valence-electron chi connectivity index (χ3n) is 8.35. The fourth-order valence-electron chi connectivity index (χ4n) is 6.07. The Hall–Kier alpha value is -3.35. The van der Waals surface area contributed by atoms with E-state index in [0.717, 1.165) is 40.9 Å². The van der Waals surface area contributed by atoms with Gasteiger partial charge in [0.2, 0.25) is 0 Å². The van der Waals surface area contributed by atoms with E-state index in [1.807, 2.05) is 36.4 Å². The number of para-hydroxylation sites is 1. The number of carbonyl (C=O) groups excluding carboxylic acids is 1. The lowest BCUT2D eigenvalue weighted by molar-refractivity contribution is -0.129. The summed E-state index contributed by atoms with van der Waals surface area (Å²) in [5.74, 6) is 0.707. The molecule has 1 aliphatic carbocycles. The molecule has 3 aromatic carbocycles. The average molecular weight is 515 g/mol. The van der Waals surface area contributed by atoms with E-state index in [2.05, 4.69) is 35.2 Å². The largest absolute Gasteiger partial charge is 0.488 e. The van der Waals surface area contributed by atoms with Crippen molar-refractivity contribution in [2.45, 2.75) is 57.8 Å². The SMILES string of the molecule is N[C@H](CO)c1cccc(-c2cc(COc3ccccc3COC=O)cc(N3CCC4(CCCC4)CC3)c2)c1. The quantitative estimate of drug-likeness (QED) is 0.335. The predicted molar refractivity (Wildman–Crippen MR) is 150 cm³/mol. The summed E-state index contributed by atoms with van der Waals surface area (Å²) in [6.07, 6.45) is 8.03. The molecule has 3 aromatic rings. The Bertz CT molecular complexity index is 1230. The summed E-state index contributed by atoms with van der Waals surface area (Å²) in [6, 6.07) is 22.0. The summed E-state index contributed by atoms with van der Waals surface area (Å²) >= 11 is 0. The van der Waals surface area contributed by atoms with Gasteiger partial charge in [0.1, 0.15) is 19.0 Å². The van der Waals surface area contributed by atoms with Crippen molar-refractivity contribution in [3.8, 4) is 16.9 Å². The van der Waals surface area contributed by atoms with Gasteiger partial charge >= 0.3 is 0 Å². The number of nitrogens with two attached hydrogens (primary N) is 1. The number of rotatable bonds is 10. The van der Waals surface area contributed by atoms with Crippen LogP contribution in [0.4, 0.5) is 5.69 Å². The molecule has 0 amide bonds. The van der Waals surface area contributed by atoms with Crippen LogP contribution in [0.25, 0.3) is 11.1 Å². The first-order chi connectivity index (χ1) is 18.6. The highest BCUT2D eigenvalue weighted by atomic mass is 16.5. The second kappa shape index (κ2) is 12.0. The number of ether oxygens (including phenoxy) is 2. The normalized spacial score (nSPS) is 17.4. The van der Waals surface area contributed by atoms with Crippen molar-refractivity contribution < 1.29 is 19.4 Å². The average Bonchev–Trinajstić information content (AvgIpc) is 3.42. The highest BCUT2D eigenvalue weighted by Crippen LogP contribution is 2.47. The summed E-state index contributed by atoms with van der Waals surface area (Å²) in [5, 5.41) is 9.57. The number of carbonyl (C=O) groups is 1. The van der Waals surface area contributed by atoms with E-state index in [9.17, 15) is 9.90 Å². The first-order valence-electron chi connectivity index (χ1n) is 13.7. The van der Waals surface area contributed by atoms with E-state index >= 15 is 0 Å². The van der Waals surface area contributed by atoms with Crippen LogP contribution < -0.4 is 15.4 Å². The number of benzene rings is 3. The molecule has 6 heteroatoms. The Kier molecular flexibility index (Phi) is 8.30. The first-order valence-corrected chi connectivity index (χ1v) is 13.7. The molecule has 1 aliphatic heterocycles. The van der Waals surface area contributed by atoms with E-state index in [-0.39, 0.29) is 13.2 Å². The van der Waals surface area contributed by atoms with Gasteiger partial charge in [0, 0.05) is 24.3 Å². The van der Waals surface area contributed by atoms with Crippen LogP contribution in [0.15, 0.2) is 66.7 Å². The third-order valence-corrected chi connectivity index (χ3v) is 8.35. The van der Waals surface area contributed by atoms with Gasteiger partial charge in [-0.05, 0) is 83.7 Å². The molecule has 2 aliphatic rings. The molecular weight excluding hydrogens is 476 g/mol. The van der Waals surface area contributed by atoms with Crippen LogP contribution in [-0.2, 0) is 22.7 Å². The van der Waals surface area contributed by atoms with E-state index < -0.39 is 6.04 Å². The summed E-state index contributed by atoms with van der Waals surface area (Å²) in [5.41, 5.74) is 12.9. The number of nitrogens with zero attached hydrogens (tertiary/aromatic N) is 1. The Morgan fingerprint density at radius 3 is 2.47 bits per heavy atom. The summed E-state index contributed by atoms with van der Waals surface area (Å²) in [4.78, 5) is 13.2. The maximum absolute atomic E-state index is 10.7. The van der Waals surface area contributed by atoms with E-state index in [0.29, 0.717) is 24.2 Å². The summed E-state index contributed by atoms with van der Waals surface area (Å²) < 4.78 is 11.2. The topological polar surface area (TPSA) is 85.0 Å². The van der Waals surface area contributed by atoms with Gasteiger partial charge in [-0.1, -0.05) is 49.2 Å². The van der Waals surface area contributed by atoms with Crippen LogP contribution in [0.2, 0.25) is 0 Å². The molecule has 6 nitrogen and oxygen atoms in total. The molecule has 200 valence electrons. The third kappa shape index (κ3) is 6.03. The van der Waals surface area contributed by atoms with Gasteiger partial charge in [0.25, 0.3) is 6.47 Å². The molecular formula is C32H38N2O4. The van der Waals surface area contributed by atoms with E-state index in [4.69, 9.17) is 15.2 Å². The number of piperidine rings is 1.